The molecule has 2 aromatic heterocycles. The van der Waals surface area contributed by atoms with Gasteiger partial charge in [-0.15, -0.1) is 11.3 Å². The third kappa shape index (κ3) is 5.16. The molecule has 3 aromatic rings. The molecule has 33 heavy (non-hydrogen) atoms. The second-order valence-corrected chi connectivity index (χ2v) is 9.86. The molecule has 0 spiro atoms. The summed E-state index contributed by atoms with van der Waals surface area (Å²) in [6.07, 6.45) is 0.902. The van der Waals surface area contributed by atoms with E-state index in [9.17, 15) is 26.8 Å². The van der Waals surface area contributed by atoms with Gasteiger partial charge in [0.15, 0.2) is 23.7 Å². The van der Waals surface area contributed by atoms with E-state index in [2.05, 4.69) is 10.3 Å². The number of aryl methyl sites for hydroxylation is 1. The van der Waals surface area contributed by atoms with Crippen molar-refractivity contribution in [2.75, 3.05) is 7.05 Å². The van der Waals surface area contributed by atoms with E-state index in [1.54, 1.807) is 13.0 Å². The zero-order valence-corrected chi connectivity index (χ0v) is 18.8. The van der Waals surface area contributed by atoms with Crippen LogP contribution in [0.2, 0.25) is 0 Å². The number of imidazole rings is 1. The van der Waals surface area contributed by atoms with E-state index in [0.717, 1.165) is 29.7 Å². The molecule has 174 valence electrons. The molecule has 0 bridgehead atoms. The van der Waals surface area contributed by atoms with Crippen LogP contribution >= 0.6 is 11.3 Å². The van der Waals surface area contributed by atoms with Gasteiger partial charge in [0.1, 0.15) is 9.90 Å². The first kappa shape index (κ1) is 24.2. The van der Waals surface area contributed by atoms with Crippen LogP contribution in [0.15, 0.2) is 52.9 Å². The summed E-state index contributed by atoms with van der Waals surface area (Å²) in [4.78, 5) is 27.3. The Bertz CT molecular complexity index is 1350. The van der Waals surface area contributed by atoms with Gasteiger partial charge in [-0.2, -0.15) is 8.42 Å². The predicted octanol–water partition coefficient (Wildman–Crippen LogP) is 2.84. The number of nitrogens with one attached hydrogen (secondary N) is 1. The Labute approximate surface area is 191 Å². The molecule has 3 rings (SSSR count). The number of rotatable bonds is 8. The van der Waals surface area contributed by atoms with Crippen molar-refractivity contribution in [1.29, 1.82) is 0 Å². The molecule has 9 nitrogen and oxygen atoms in total. The van der Waals surface area contributed by atoms with Crippen molar-refractivity contribution in [2.24, 2.45) is 0 Å². The summed E-state index contributed by atoms with van der Waals surface area (Å²) in [7, 11) is -2.90. The Morgan fingerprint density at radius 3 is 2.58 bits per heavy atom. The lowest BCUT2D eigenvalue weighted by Crippen LogP contribution is -2.22. The summed E-state index contributed by atoms with van der Waals surface area (Å²) in [5.74, 6) is -5.38. The Kier molecular flexibility index (Phi) is 7.05. The number of thiophene rings is 1. The fraction of sp³-hybridized carbons (Fsp3) is 0.150. The third-order valence-electron chi connectivity index (χ3n) is 4.24. The molecule has 1 atom stereocenters. The maximum atomic E-state index is 14.6. The first-order valence-corrected chi connectivity index (χ1v) is 11.4. The molecule has 13 heteroatoms. The second kappa shape index (κ2) is 9.60. The number of hydrogen-bond acceptors (Lipinski definition) is 8. The Balaban J connectivity index is 2.15. The molecule has 0 fully saturated rings. The molecular weight excluding hydrogens is 480 g/mol. The van der Waals surface area contributed by atoms with Crippen LogP contribution in [0, 0.1) is 18.6 Å². The normalized spacial score (nSPS) is 12.7. The summed E-state index contributed by atoms with van der Waals surface area (Å²) < 4.78 is 60.7. The van der Waals surface area contributed by atoms with Gasteiger partial charge < -0.3 is 9.84 Å². The van der Waals surface area contributed by atoms with Crippen molar-refractivity contribution < 1.29 is 36.6 Å². The molecule has 0 aliphatic rings. The molecule has 1 aromatic carbocycles. The highest BCUT2D eigenvalue weighted by atomic mass is 32.2. The first-order valence-electron chi connectivity index (χ1n) is 9.19. The number of carboxylic acid groups (broad SMARTS) is 1. The second-order valence-electron chi connectivity index (χ2n) is 6.53. The number of aliphatic carboxylic acids is 1. The number of carbonyl (C=O) groups excluding carboxylic acids is 1. The highest BCUT2D eigenvalue weighted by molar-refractivity contribution is 7.92. The number of benzene rings is 1. The van der Waals surface area contributed by atoms with Crippen LogP contribution in [0.25, 0.3) is 11.4 Å². The van der Waals surface area contributed by atoms with Gasteiger partial charge in [0.25, 0.3) is 10.0 Å². The Morgan fingerprint density at radius 2 is 1.97 bits per heavy atom. The van der Waals surface area contributed by atoms with E-state index < -0.39 is 51.2 Å². The lowest BCUT2D eigenvalue weighted by molar-refractivity contribution is -0.145. The van der Waals surface area contributed by atoms with E-state index in [0.29, 0.717) is 21.0 Å². The van der Waals surface area contributed by atoms with Crippen LogP contribution in [-0.4, -0.2) is 41.5 Å². The van der Waals surface area contributed by atoms with Crippen LogP contribution in [0.5, 0.6) is 0 Å². The Hall–Kier alpha value is -3.42. The first-order chi connectivity index (χ1) is 15.5. The van der Waals surface area contributed by atoms with Crippen LogP contribution in [0.1, 0.15) is 16.8 Å². The number of esters is 1. The van der Waals surface area contributed by atoms with E-state index in [1.807, 2.05) is 0 Å². The van der Waals surface area contributed by atoms with Gasteiger partial charge in [-0.1, -0.05) is 6.07 Å². The monoisotopic (exact) mass is 497 g/mol. The van der Waals surface area contributed by atoms with E-state index in [-0.39, 0.29) is 9.90 Å². The molecule has 2 heterocycles. The highest BCUT2D eigenvalue weighted by Crippen LogP contribution is 2.31. The number of hydrogen-bond donors (Lipinski definition) is 2. The van der Waals surface area contributed by atoms with Crippen LogP contribution < -0.4 is 5.32 Å². The number of nitrogens with zero attached hydrogens (tertiary/aromatic N) is 2. The van der Waals surface area contributed by atoms with Crippen LogP contribution in [-0.2, 0) is 24.3 Å². The fourth-order valence-corrected chi connectivity index (χ4v) is 5.45. The van der Waals surface area contributed by atoms with Gasteiger partial charge in [-0.25, -0.2) is 27.3 Å². The number of carbonyl (C=O) groups is 2. The van der Waals surface area contributed by atoms with Gasteiger partial charge in [-0.3, -0.25) is 5.32 Å². The maximum absolute atomic E-state index is 14.6. The third-order valence-corrected chi connectivity index (χ3v) is 7.36. The molecule has 2 N–H and O–H groups in total. The van der Waals surface area contributed by atoms with Crippen molar-refractivity contribution in [1.82, 2.24) is 14.3 Å². The van der Waals surface area contributed by atoms with Crippen molar-refractivity contribution in [3.05, 3.63) is 70.9 Å². The summed E-state index contributed by atoms with van der Waals surface area (Å²) >= 11 is 0.974. The van der Waals surface area contributed by atoms with E-state index >= 15 is 0 Å². The molecule has 0 amide bonds. The average molecular weight is 498 g/mol. The van der Waals surface area contributed by atoms with Crippen molar-refractivity contribution in [2.45, 2.75) is 17.4 Å². The summed E-state index contributed by atoms with van der Waals surface area (Å²) in [6, 6.07) is 6.18. The number of carboxylic acids is 1. The summed E-state index contributed by atoms with van der Waals surface area (Å²) in [5.41, 5.74) is -0.574. The molecule has 0 radical (unpaired) electrons. The summed E-state index contributed by atoms with van der Waals surface area (Å²) in [5, 5.41) is 11.2. The van der Waals surface area contributed by atoms with Gasteiger partial charge in [0.05, 0.1) is 5.56 Å². The van der Waals surface area contributed by atoms with Crippen molar-refractivity contribution in [3.8, 4) is 11.4 Å². The predicted molar refractivity (Wildman–Crippen MR) is 114 cm³/mol. The minimum atomic E-state index is -4.27. The lowest BCUT2D eigenvalue weighted by Gasteiger charge is -2.13. The molecule has 0 saturated carbocycles. The van der Waals surface area contributed by atoms with Crippen molar-refractivity contribution >= 4 is 33.3 Å². The molecule has 0 aliphatic heterocycles. The lowest BCUT2D eigenvalue weighted by atomic mass is 10.2. The minimum absolute atomic E-state index is 0.0654. The van der Waals surface area contributed by atoms with Crippen LogP contribution in [0.3, 0.4) is 0 Å². The minimum Gasteiger partial charge on any atom is -0.478 e. The van der Waals surface area contributed by atoms with E-state index in [1.165, 1.54) is 19.2 Å². The van der Waals surface area contributed by atoms with Gasteiger partial charge in [-0.05, 0) is 38.2 Å². The van der Waals surface area contributed by atoms with Gasteiger partial charge in [0, 0.05) is 23.2 Å². The summed E-state index contributed by atoms with van der Waals surface area (Å²) in [6.45, 7) is 1.71. The van der Waals surface area contributed by atoms with Crippen molar-refractivity contribution in [3.63, 3.8) is 0 Å². The largest absolute Gasteiger partial charge is 0.478 e. The SMILES string of the molecule is CNC(OC(=O)/C=C/C(=O)O)c1cn(S(=O)(=O)c2ccc(C)s2)c(-c2cccc(F)c2F)n1. The highest BCUT2D eigenvalue weighted by Gasteiger charge is 2.29. The fourth-order valence-electron chi connectivity index (χ4n) is 2.76. The smallest absolute Gasteiger partial charge is 0.332 e. The zero-order chi connectivity index (χ0) is 24.3. The van der Waals surface area contributed by atoms with Gasteiger partial charge in [0.2, 0.25) is 0 Å². The number of halogens is 2. The molecule has 1 unspecified atom stereocenters. The maximum Gasteiger partial charge on any atom is 0.332 e. The average Bonchev–Trinajstić information content (AvgIpc) is 3.40. The quantitative estimate of drug-likeness (QED) is 0.276. The van der Waals surface area contributed by atoms with Gasteiger partial charge >= 0.3 is 11.9 Å². The topological polar surface area (TPSA) is 128 Å². The Morgan fingerprint density at radius 1 is 1.24 bits per heavy atom. The number of ether oxygens (including phenoxy) is 1. The standard InChI is InChI=1S/C20H17F2N3O6S2/c1-11-6-9-17(32-11)33(29,30)25-10-14(20(23-2)31-16(28)8-7-15(26)27)24-19(25)12-4-3-5-13(21)18(12)22/h3-10,20,23H,1-2H3,(H,26,27)/b8-7+. The number of aromatic nitrogens is 2. The molecule has 0 saturated heterocycles. The molecule has 0 aliphatic carbocycles. The molecular formula is C20H17F2N3O6S2. The zero-order valence-electron chi connectivity index (χ0n) is 17.2. The van der Waals surface area contributed by atoms with E-state index in [4.69, 9.17) is 9.84 Å². The van der Waals surface area contributed by atoms with Crippen LogP contribution in [0.4, 0.5) is 8.78 Å².